The number of hydrogen-bond donors (Lipinski definition) is 2. The van der Waals surface area contributed by atoms with Gasteiger partial charge in [-0.05, 0) is 30.2 Å². The number of halogens is 1. The van der Waals surface area contributed by atoms with E-state index in [4.69, 9.17) is 10.5 Å². The highest BCUT2D eigenvalue weighted by atomic mass is 35.5. The summed E-state index contributed by atoms with van der Waals surface area (Å²) in [5.41, 5.74) is 5.81. The Morgan fingerprint density at radius 3 is 2.35 bits per heavy atom. The first-order chi connectivity index (χ1) is 10.3. The molecule has 0 bridgehead atoms. The van der Waals surface area contributed by atoms with E-state index in [0.29, 0.717) is 12.3 Å². The Hall–Kier alpha value is -1.31. The van der Waals surface area contributed by atoms with Crippen molar-refractivity contribution in [3.63, 3.8) is 0 Å². The lowest BCUT2D eigenvalue weighted by Crippen LogP contribution is -2.45. The van der Waals surface area contributed by atoms with E-state index in [2.05, 4.69) is 5.32 Å². The third kappa shape index (κ3) is 7.20. The minimum absolute atomic E-state index is 0. The number of ether oxygens (including phenoxy) is 1. The van der Waals surface area contributed by atoms with E-state index >= 15 is 0 Å². The van der Waals surface area contributed by atoms with Gasteiger partial charge in [-0.3, -0.25) is 4.79 Å². The molecular formula is C15H25ClN2O4S. The van der Waals surface area contributed by atoms with Crippen molar-refractivity contribution >= 4 is 28.2 Å². The summed E-state index contributed by atoms with van der Waals surface area (Å²) in [7, 11) is -3.20. The molecule has 1 amide bonds. The molecule has 8 heteroatoms. The Kier molecular flexibility index (Phi) is 9.19. The minimum atomic E-state index is -3.20. The molecule has 0 aliphatic carbocycles. The fourth-order valence-electron chi connectivity index (χ4n) is 1.76. The second-order valence-corrected chi connectivity index (χ2v) is 7.31. The van der Waals surface area contributed by atoms with Crippen molar-refractivity contribution in [1.29, 1.82) is 0 Å². The number of hydrogen-bond acceptors (Lipinski definition) is 5. The first-order valence-electron chi connectivity index (χ1n) is 7.22. The number of amides is 1. The van der Waals surface area contributed by atoms with Crippen LogP contribution < -0.4 is 15.8 Å². The van der Waals surface area contributed by atoms with Crippen molar-refractivity contribution in [1.82, 2.24) is 5.32 Å². The standard InChI is InChI=1S/C15H24N2O4S.ClH/c1-4-11(2)14(16)15(18)17-9-10-21-12-5-7-13(8-6-12)22(3,19)20;/h5-8,11,14H,4,9-10,16H2,1-3H3,(H,17,18);1H. The van der Waals surface area contributed by atoms with Crippen molar-refractivity contribution in [3.8, 4) is 5.75 Å². The largest absolute Gasteiger partial charge is 0.492 e. The van der Waals surface area contributed by atoms with Gasteiger partial charge < -0.3 is 15.8 Å². The van der Waals surface area contributed by atoms with Gasteiger partial charge in [-0.25, -0.2) is 8.42 Å². The highest BCUT2D eigenvalue weighted by Crippen LogP contribution is 2.15. The van der Waals surface area contributed by atoms with Gasteiger partial charge in [0.05, 0.1) is 17.5 Å². The van der Waals surface area contributed by atoms with Crippen LogP contribution in [-0.4, -0.2) is 39.8 Å². The lowest BCUT2D eigenvalue weighted by molar-refractivity contribution is -0.123. The molecule has 0 saturated carbocycles. The molecule has 1 aromatic carbocycles. The molecule has 2 unspecified atom stereocenters. The van der Waals surface area contributed by atoms with Crippen LogP contribution in [0.2, 0.25) is 0 Å². The van der Waals surface area contributed by atoms with Crippen LogP contribution in [0.25, 0.3) is 0 Å². The third-order valence-electron chi connectivity index (χ3n) is 3.48. The quantitative estimate of drug-likeness (QED) is 0.679. The molecule has 0 aliphatic heterocycles. The van der Waals surface area contributed by atoms with Crippen molar-refractivity contribution < 1.29 is 17.9 Å². The first kappa shape index (κ1) is 21.7. The normalized spacial score (nSPS) is 13.6. The Balaban J connectivity index is 0.00000484. The van der Waals surface area contributed by atoms with Crippen molar-refractivity contribution in [3.05, 3.63) is 24.3 Å². The second-order valence-electron chi connectivity index (χ2n) is 5.29. The van der Waals surface area contributed by atoms with Gasteiger partial charge in [0.1, 0.15) is 12.4 Å². The zero-order valence-electron chi connectivity index (χ0n) is 13.6. The average molecular weight is 365 g/mol. The van der Waals surface area contributed by atoms with Crippen molar-refractivity contribution in [2.45, 2.75) is 31.2 Å². The minimum Gasteiger partial charge on any atom is -0.492 e. The van der Waals surface area contributed by atoms with Crippen LogP contribution in [-0.2, 0) is 14.6 Å². The number of sulfone groups is 1. The maximum absolute atomic E-state index is 11.8. The fraction of sp³-hybridized carbons (Fsp3) is 0.533. The smallest absolute Gasteiger partial charge is 0.237 e. The van der Waals surface area contributed by atoms with Gasteiger partial charge in [-0.2, -0.15) is 0 Å². The maximum Gasteiger partial charge on any atom is 0.237 e. The summed E-state index contributed by atoms with van der Waals surface area (Å²) < 4.78 is 28.1. The molecule has 132 valence electrons. The second kappa shape index (κ2) is 9.75. The third-order valence-corrected chi connectivity index (χ3v) is 4.61. The van der Waals surface area contributed by atoms with E-state index in [1.807, 2.05) is 13.8 Å². The number of carbonyl (C=O) groups is 1. The van der Waals surface area contributed by atoms with Gasteiger partial charge >= 0.3 is 0 Å². The zero-order chi connectivity index (χ0) is 16.8. The van der Waals surface area contributed by atoms with Gasteiger partial charge in [0.15, 0.2) is 9.84 Å². The first-order valence-corrected chi connectivity index (χ1v) is 9.11. The molecule has 0 heterocycles. The number of carbonyl (C=O) groups excluding carboxylic acids is 1. The summed E-state index contributed by atoms with van der Waals surface area (Å²) in [5, 5.41) is 2.72. The SMILES string of the molecule is CCC(C)C(N)C(=O)NCCOc1ccc(S(C)(=O)=O)cc1.Cl. The summed E-state index contributed by atoms with van der Waals surface area (Å²) in [6.45, 7) is 4.55. The maximum atomic E-state index is 11.8. The lowest BCUT2D eigenvalue weighted by Gasteiger charge is -2.17. The predicted octanol–water partition coefficient (Wildman–Crippen LogP) is 1.38. The van der Waals surface area contributed by atoms with Gasteiger partial charge in [0.2, 0.25) is 5.91 Å². The summed E-state index contributed by atoms with van der Waals surface area (Å²) in [4.78, 5) is 12.0. The summed E-state index contributed by atoms with van der Waals surface area (Å²) in [6.07, 6.45) is 2.00. The Morgan fingerprint density at radius 2 is 1.87 bits per heavy atom. The molecule has 6 nitrogen and oxygen atoms in total. The molecule has 3 N–H and O–H groups in total. The van der Waals surface area contributed by atoms with Crippen molar-refractivity contribution in [2.24, 2.45) is 11.7 Å². The molecule has 2 atom stereocenters. The number of rotatable bonds is 8. The molecule has 0 radical (unpaired) electrons. The lowest BCUT2D eigenvalue weighted by atomic mass is 9.99. The van der Waals surface area contributed by atoms with Crippen LogP contribution in [0, 0.1) is 5.92 Å². The highest BCUT2D eigenvalue weighted by molar-refractivity contribution is 7.90. The van der Waals surface area contributed by atoms with E-state index in [1.54, 1.807) is 12.1 Å². The van der Waals surface area contributed by atoms with E-state index in [1.165, 1.54) is 12.1 Å². The van der Waals surface area contributed by atoms with Crippen molar-refractivity contribution in [2.75, 3.05) is 19.4 Å². The molecule has 1 aromatic rings. The highest BCUT2D eigenvalue weighted by Gasteiger charge is 2.18. The van der Waals surface area contributed by atoms with Crippen LogP contribution in [0.5, 0.6) is 5.75 Å². The van der Waals surface area contributed by atoms with Crippen LogP contribution in [0.15, 0.2) is 29.2 Å². The van der Waals surface area contributed by atoms with Crippen LogP contribution in [0.4, 0.5) is 0 Å². The number of nitrogens with one attached hydrogen (secondary N) is 1. The molecule has 0 spiro atoms. The summed E-state index contributed by atoms with van der Waals surface area (Å²) >= 11 is 0. The molecule has 0 saturated heterocycles. The number of benzene rings is 1. The van der Waals surface area contributed by atoms with Crippen LogP contribution in [0.3, 0.4) is 0 Å². The van der Waals surface area contributed by atoms with Gasteiger partial charge in [0, 0.05) is 6.26 Å². The Bertz CT molecular complexity index is 590. The van der Waals surface area contributed by atoms with E-state index in [-0.39, 0.29) is 35.7 Å². The molecule has 1 rings (SSSR count). The molecule has 0 fully saturated rings. The molecule has 0 aliphatic rings. The van der Waals surface area contributed by atoms with Gasteiger partial charge in [-0.15, -0.1) is 12.4 Å². The topological polar surface area (TPSA) is 98.5 Å². The van der Waals surface area contributed by atoms with Crippen LogP contribution >= 0.6 is 12.4 Å². The summed E-state index contributed by atoms with van der Waals surface area (Å²) in [5.74, 6) is 0.489. The van der Waals surface area contributed by atoms with E-state index < -0.39 is 15.9 Å². The zero-order valence-corrected chi connectivity index (χ0v) is 15.2. The molecule has 0 aromatic heterocycles. The Morgan fingerprint density at radius 1 is 1.30 bits per heavy atom. The van der Waals surface area contributed by atoms with Gasteiger partial charge in [0.25, 0.3) is 0 Å². The Labute approximate surface area is 144 Å². The van der Waals surface area contributed by atoms with Gasteiger partial charge in [-0.1, -0.05) is 20.3 Å². The molecular weight excluding hydrogens is 340 g/mol. The monoisotopic (exact) mass is 364 g/mol. The number of nitrogens with two attached hydrogens (primary N) is 1. The molecule has 23 heavy (non-hydrogen) atoms. The van der Waals surface area contributed by atoms with Crippen LogP contribution in [0.1, 0.15) is 20.3 Å². The van der Waals surface area contributed by atoms with E-state index in [0.717, 1.165) is 12.7 Å². The predicted molar refractivity (Wildman–Crippen MR) is 92.7 cm³/mol. The fourth-order valence-corrected chi connectivity index (χ4v) is 2.39. The average Bonchev–Trinajstić information content (AvgIpc) is 2.49. The van der Waals surface area contributed by atoms with E-state index in [9.17, 15) is 13.2 Å². The summed E-state index contributed by atoms with van der Waals surface area (Å²) in [6, 6.07) is 5.63.